The second kappa shape index (κ2) is 12.6. The molecule has 10 nitrogen and oxygen atoms in total. The molecule has 2 amide bonds. The number of carbonyl (C=O) groups is 2. The monoisotopic (exact) mass is 572 g/mol. The summed E-state index contributed by atoms with van der Waals surface area (Å²) >= 11 is 0. The Bertz CT molecular complexity index is 1700. The molecule has 1 aliphatic heterocycles. The lowest BCUT2D eigenvalue weighted by atomic mass is 10.1. The second-order valence-corrected chi connectivity index (χ2v) is 10.4. The molecule has 6 rings (SSSR count). The molecule has 0 radical (unpaired) electrons. The van der Waals surface area contributed by atoms with Crippen molar-refractivity contribution in [2.75, 3.05) is 31.5 Å². The summed E-state index contributed by atoms with van der Waals surface area (Å²) in [6.07, 6.45) is 8.15. The fourth-order valence-corrected chi connectivity index (χ4v) is 5.13. The van der Waals surface area contributed by atoms with Crippen LogP contribution in [0.4, 0.5) is 11.6 Å². The Morgan fingerprint density at radius 1 is 0.860 bits per heavy atom. The number of benzene rings is 2. The van der Waals surface area contributed by atoms with E-state index in [0.717, 1.165) is 41.2 Å². The van der Waals surface area contributed by atoms with Crippen LogP contribution in [0.2, 0.25) is 0 Å². The summed E-state index contributed by atoms with van der Waals surface area (Å²) in [5, 5.41) is 8.16. The van der Waals surface area contributed by atoms with Gasteiger partial charge >= 0.3 is 0 Å². The highest BCUT2D eigenvalue weighted by Crippen LogP contribution is 2.30. The number of rotatable bonds is 8. The third-order valence-electron chi connectivity index (χ3n) is 7.50. The van der Waals surface area contributed by atoms with Gasteiger partial charge < -0.3 is 15.1 Å². The fourth-order valence-electron chi connectivity index (χ4n) is 5.13. The normalized spacial score (nSPS) is 13.1. The van der Waals surface area contributed by atoms with Gasteiger partial charge in [0.2, 0.25) is 11.9 Å². The lowest BCUT2D eigenvalue weighted by Crippen LogP contribution is -2.50. The van der Waals surface area contributed by atoms with Crippen LogP contribution in [0.1, 0.15) is 22.8 Å². The average molecular weight is 573 g/mol. The molecular weight excluding hydrogens is 540 g/mol. The summed E-state index contributed by atoms with van der Waals surface area (Å²) in [4.78, 5) is 41.7. The highest BCUT2D eigenvalue weighted by Gasteiger charge is 2.23. The SMILES string of the molecule is CC(=O)N1CCN(C(=O)c2ccc(Nc3nccc(-c4cn(CCc5ccccc5)nc4-c4cccnc4)n3)cc2)CC1. The van der Waals surface area contributed by atoms with Gasteiger partial charge in [-0.15, -0.1) is 0 Å². The number of pyridine rings is 1. The molecule has 1 fully saturated rings. The van der Waals surface area contributed by atoms with Crippen LogP contribution in [0.15, 0.2) is 97.6 Å². The Labute approximate surface area is 250 Å². The number of hydrogen-bond acceptors (Lipinski definition) is 7. The van der Waals surface area contributed by atoms with Gasteiger partial charge in [0, 0.05) is 86.8 Å². The van der Waals surface area contributed by atoms with Gasteiger partial charge in [-0.05, 0) is 54.4 Å². The number of nitrogens with one attached hydrogen (secondary N) is 1. The van der Waals surface area contributed by atoms with E-state index in [1.54, 1.807) is 47.4 Å². The maximum Gasteiger partial charge on any atom is 0.253 e. The summed E-state index contributed by atoms with van der Waals surface area (Å²) in [6, 6.07) is 23.4. The van der Waals surface area contributed by atoms with Crippen molar-refractivity contribution in [3.05, 3.63) is 109 Å². The van der Waals surface area contributed by atoms with Crippen LogP contribution in [0.25, 0.3) is 22.5 Å². The van der Waals surface area contributed by atoms with Crippen LogP contribution in [-0.4, -0.2) is 72.5 Å². The quantitative estimate of drug-likeness (QED) is 0.287. The number of aryl methyl sites for hydroxylation is 2. The van der Waals surface area contributed by atoms with Gasteiger partial charge in [0.25, 0.3) is 5.91 Å². The Morgan fingerprint density at radius 2 is 1.63 bits per heavy atom. The maximum atomic E-state index is 13.0. The molecule has 216 valence electrons. The molecule has 2 aromatic carbocycles. The van der Waals surface area contributed by atoms with Crippen molar-refractivity contribution >= 4 is 23.5 Å². The molecule has 4 heterocycles. The Hall–Kier alpha value is -5.38. The van der Waals surface area contributed by atoms with Gasteiger partial charge in [0.15, 0.2) is 0 Å². The first-order chi connectivity index (χ1) is 21.0. The number of carbonyl (C=O) groups excluding carboxylic acids is 2. The van der Waals surface area contributed by atoms with E-state index in [9.17, 15) is 9.59 Å². The van der Waals surface area contributed by atoms with Gasteiger partial charge in [-0.3, -0.25) is 19.3 Å². The molecule has 0 spiro atoms. The third kappa shape index (κ3) is 6.59. The predicted octanol–water partition coefficient (Wildman–Crippen LogP) is 4.69. The Balaban J connectivity index is 1.18. The number of amides is 2. The van der Waals surface area contributed by atoms with E-state index in [2.05, 4.69) is 27.4 Å². The van der Waals surface area contributed by atoms with Gasteiger partial charge in [-0.25, -0.2) is 9.97 Å². The van der Waals surface area contributed by atoms with Crippen LogP contribution in [0.5, 0.6) is 0 Å². The van der Waals surface area contributed by atoms with Gasteiger partial charge in [-0.1, -0.05) is 30.3 Å². The van der Waals surface area contributed by atoms with Crippen molar-refractivity contribution in [2.24, 2.45) is 0 Å². The molecule has 0 saturated carbocycles. The molecule has 0 bridgehead atoms. The Kier molecular flexibility index (Phi) is 8.17. The highest BCUT2D eigenvalue weighted by atomic mass is 16.2. The number of aromatic nitrogens is 5. The van der Waals surface area contributed by atoms with Crippen LogP contribution in [0.3, 0.4) is 0 Å². The van der Waals surface area contributed by atoms with E-state index in [0.29, 0.717) is 37.7 Å². The van der Waals surface area contributed by atoms with Crippen LogP contribution < -0.4 is 5.32 Å². The lowest BCUT2D eigenvalue weighted by Gasteiger charge is -2.34. The standard InChI is InChI=1S/C33H32N8O2/c1-24(42)39-18-20-40(21-19-39)32(43)26-9-11-28(12-10-26)36-33-35-16-13-30(37-33)29-23-41(17-14-25-6-3-2-4-7-25)38-31(29)27-8-5-15-34-22-27/h2-13,15-16,22-23H,14,17-21H2,1H3,(H,35,36,37). The van der Waals surface area contributed by atoms with Crippen molar-refractivity contribution in [1.29, 1.82) is 0 Å². The van der Waals surface area contributed by atoms with Crippen LogP contribution in [-0.2, 0) is 17.8 Å². The molecule has 0 atom stereocenters. The van der Waals surface area contributed by atoms with E-state index in [1.165, 1.54) is 5.56 Å². The predicted molar refractivity (Wildman–Crippen MR) is 165 cm³/mol. The zero-order chi connectivity index (χ0) is 29.6. The Morgan fingerprint density at radius 3 is 2.35 bits per heavy atom. The van der Waals surface area contributed by atoms with E-state index in [1.807, 2.05) is 59.4 Å². The van der Waals surface area contributed by atoms with E-state index >= 15 is 0 Å². The number of nitrogens with zero attached hydrogens (tertiary/aromatic N) is 7. The molecular formula is C33H32N8O2. The summed E-state index contributed by atoms with van der Waals surface area (Å²) in [5.41, 5.74) is 5.95. The largest absolute Gasteiger partial charge is 0.339 e. The minimum Gasteiger partial charge on any atom is -0.339 e. The van der Waals surface area contributed by atoms with Crippen LogP contribution >= 0.6 is 0 Å². The zero-order valence-corrected chi connectivity index (χ0v) is 23.9. The molecule has 3 aromatic heterocycles. The summed E-state index contributed by atoms with van der Waals surface area (Å²) < 4.78 is 1.95. The van der Waals surface area contributed by atoms with Gasteiger partial charge in [0.1, 0.15) is 5.69 Å². The molecule has 10 heteroatoms. The summed E-state index contributed by atoms with van der Waals surface area (Å²) in [6.45, 7) is 4.46. The minimum atomic E-state index is -0.0415. The summed E-state index contributed by atoms with van der Waals surface area (Å²) in [5.74, 6) is 0.435. The molecule has 1 N–H and O–H groups in total. The fraction of sp³-hybridized carbons (Fsp3) is 0.212. The maximum absolute atomic E-state index is 13.0. The molecule has 43 heavy (non-hydrogen) atoms. The molecule has 0 unspecified atom stereocenters. The van der Waals surface area contributed by atoms with Crippen molar-refractivity contribution in [3.8, 4) is 22.5 Å². The number of piperazine rings is 1. The summed E-state index contributed by atoms with van der Waals surface area (Å²) in [7, 11) is 0. The molecule has 0 aliphatic carbocycles. The molecule has 1 saturated heterocycles. The van der Waals surface area contributed by atoms with Gasteiger partial charge in [0.05, 0.1) is 5.69 Å². The first-order valence-electron chi connectivity index (χ1n) is 14.3. The van der Waals surface area contributed by atoms with Crippen molar-refractivity contribution < 1.29 is 9.59 Å². The number of anilines is 2. The van der Waals surface area contributed by atoms with Crippen molar-refractivity contribution in [2.45, 2.75) is 19.9 Å². The topological polar surface area (TPSA) is 109 Å². The second-order valence-electron chi connectivity index (χ2n) is 10.4. The van der Waals surface area contributed by atoms with Crippen molar-refractivity contribution in [1.82, 2.24) is 34.5 Å². The lowest BCUT2D eigenvalue weighted by molar-refractivity contribution is -0.130. The molecule has 5 aromatic rings. The number of hydrogen-bond donors (Lipinski definition) is 1. The van der Waals surface area contributed by atoms with Gasteiger partial charge in [-0.2, -0.15) is 5.10 Å². The first kappa shape index (κ1) is 27.8. The third-order valence-corrected chi connectivity index (χ3v) is 7.50. The molecule has 1 aliphatic rings. The van der Waals surface area contributed by atoms with E-state index in [4.69, 9.17) is 10.1 Å². The average Bonchev–Trinajstić information content (AvgIpc) is 3.49. The zero-order valence-electron chi connectivity index (χ0n) is 23.9. The van der Waals surface area contributed by atoms with Crippen LogP contribution in [0, 0.1) is 0 Å². The van der Waals surface area contributed by atoms with Crippen molar-refractivity contribution in [3.63, 3.8) is 0 Å². The minimum absolute atomic E-state index is 0.0407. The smallest absolute Gasteiger partial charge is 0.253 e. The van der Waals surface area contributed by atoms with E-state index < -0.39 is 0 Å². The first-order valence-corrected chi connectivity index (χ1v) is 14.3. The van der Waals surface area contributed by atoms with E-state index in [-0.39, 0.29) is 11.8 Å². The highest BCUT2D eigenvalue weighted by molar-refractivity contribution is 5.94.